The molecule has 2 N–H and O–H groups in total. The lowest BCUT2D eigenvalue weighted by atomic mass is 10.3. The predicted octanol–water partition coefficient (Wildman–Crippen LogP) is 1.36. The largest absolute Gasteiger partial charge is 0.475 e. The van der Waals surface area contributed by atoms with E-state index in [-0.39, 0.29) is 12.1 Å². The third kappa shape index (κ3) is 4.56. The van der Waals surface area contributed by atoms with Crippen LogP contribution in [0.2, 0.25) is 0 Å². The summed E-state index contributed by atoms with van der Waals surface area (Å²) in [6.45, 7) is 8.55. The first-order valence-corrected chi connectivity index (χ1v) is 5.87. The third-order valence-corrected chi connectivity index (χ3v) is 2.08. The highest BCUT2D eigenvalue weighted by atomic mass is 16.5. The Balaban J connectivity index is 2.88. The highest BCUT2D eigenvalue weighted by Gasteiger charge is 2.10. The molecule has 1 unspecified atom stereocenters. The summed E-state index contributed by atoms with van der Waals surface area (Å²) in [7, 11) is 1.93. The van der Waals surface area contributed by atoms with Crippen LogP contribution in [-0.2, 0) is 0 Å². The number of nitrogens with two attached hydrogens (primary N) is 1. The average Bonchev–Trinajstić information content (AvgIpc) is 2.14. The predicted molar refractivity (Wildman–Crippen MR) is 69.5 cm³/mol. The molecule has 1 rings (SSSR count). The fraction of sp³-hybridized carbons (Fsp3) is 0.667. The van der Waals surface area contributed by atoms with Crippen LogP contribution in [0, 0.1) is 6.92 Å². The van der Waals surface area contributed by atoms with Crippen LogP contribution >= 0.6 is 0 Å². The van der Waals surface area contributed by atoms with E-state index in [2.05, 4.69) is 9.97 Å². The molecule has 5 heteroatoms. The number of aryl methyl sites for hydroxylation is 1. The van der Waals surface area contributed by atoms with Gasteiger partial charge in [-0.1, -0.05) is 0 Å². The second kappa shape index (κ2) is 5.82. The van der Waals surface area contributed by atoms with Crippen LogP contribution in [0.3, 0.4) is 0 Å². The van der Waals surface area contributed by atoms with Gasteiger partial charge in [0.05, 0.1) is 6.10 Å². The smallest absolute Gasteiger partial charge is 0.228 e. The number of hydrogen-bond acceptors (Lipinski definition) is 5. The molecule has 1 aromatic rings. The number of ether oxygens (including phenoxy) is 1. The van der Waals surface area contributed by atoms with Crippen LogP contribution in [-0.4, -0.2) is 35.7 Å². The average molecular weight is 238 g/mol. The third-order valence-electron chi connectivity index (χ3n) is 2.08. The number of likely N-dealkylation sites (N-methyl/N-ethyl adjacent to an activating group) is 1. The van der Waals surface area contributed by atoms with Crippen molar-refractivity contribution in [2.24, 2.45) is 5.73 Å². The molecule has 1 heterocycles. The van der Waals surface area contributed by atoms with Gasteiger partial charge in [-0.25, -0.2) is 4.98 Å². The zero-order valence-electron chi connectivity index (χ0n) is 11.3. The Morgan fingerprint density at radius 2 is 2.00 bits per heavy atom. The monoisotopic (exact) mass is 238 g/mol. The van der Waals surface area contributed by atoms with E-state index in [4.69, 9.17) is 10.5 Å². The van der Waals surface area contributed by atoms with Crippen molar-refractivity contribution in [3.05, 3.63) is 11.8 Å². The van der Waals surface area contributed by atoms with Gasteiger partial charge < -0.3 is 15.4 Å². The molecular weight excluding hydrogens is 216 g/mol. The minimum atomic E-state index is 0.0820. The number of hydrogen-bond donors (Lipinski definition) is 1. The van der Waals surface area contributed by atoms with Crippen LogP contribution in [0.5, 0.6) is 5.88 Å². The van der Waals surface area contributed by atoms with Gasteiger partial charge in [0.1, 0.15) is 0 Å². The highest BCUT2D eigenvalue weighted by molar-refractivity contribution is 5.33. The van der Waals surface area contributed by atoms with Gasteiger partial charge in [-0.2, -0.15) is 4.98 Å². The summed E-state index contributed by atoms with van der Waals surface area (Å²) in [4.78, 5) is 10.7. The minimum absolute atomic E-state index is 0.0820. The van der Waals surface area contributed by atoms with Gasteiger partial charge in [-0.15, -0.1) is 0 Å². The Morgan fingerprint density at radius 3 is 2.53 bits per heavy atom. The molecule has 0 aliphatic carbocycles. The Kier molecular flexibility index (Phi) is 4.69. The first kappa shape index (κ1) is 13.7. The van der Waals surface area contributed by atoms with E-state index < -0.39 is 0 Å². The highest BCUT2D eigenvalue weighted by Crippen LogP contribution is 2.15. The normalized spacial score (nSPS) is 12.6. The van der Waals surface area contributed by atoms with Gasteiger partial charge in [-0.3, -0.25) is 0 Å². The van der Waals surface area contributed by atoms with Gasteiger partial charge in [-0.05, 0) is 27.7 Å². The van der Waals surface area contributed by atoms with Crippen molar-refractivity contribution < 1.29 is 4.74 Å². The first-order chi connectivity index (χ1) is 7.88. The molecule has 0 fully saturated rings. The van der Waals surface area contributed by atoms with Crippen LogP contribution < -0.4 is 15.4 Å². The van der Waals surface area contributed by atoms with Crippen LogP contribution in [0.4, 0.5) is 5.95 Å². The zero-order valence-corrected chi connectivity index (χ0v) is 11.3. The van der Waals surface area contributed by atoms with E-state index in [0.717, 1.165) is 5.69 Å². The van der Waals surface area contributed by atoms with Gasteiger partial charge >= 0.3 is 0 Å². The molecule has 0 saturated heterocycles. The van der Waals surface area contributed by atoms with Crippen LogP contribution in [0.15, 0.2) is 6.07 Å². The van der Waals surface area contributed by atoms with Gasteiger partial charge in [0.15, 0.2) is 0 Å². The molecule has 0 aliphatic rings. The van der Waals surface area contributed by atoms with Gasteiger partial charge in [0.2, 0.25) is 11.8 Å². The van der Waals surface area contributed by atoms with Crippen molar-refractivity contribution in [1.29, 1.82) is 0 Å². The van der Waals surface area contributed by atoms with Crippen molar-refractivity contribution >= 4 is 5.95 Å². The van der Waals surface area contributed by atoms with Crippen molar-refractivity contribution in [2.75, 3.05) is 18.5 Å². The van der Waals surface area contributed by atoms with E-state index in [1.165, 1.54) is 0 Å². The second-order valence-electron chi connectivity index (χ2n) is 4.67. The van der Waals surface area contributed by atoms with E-state index in [0.29, 0.717) is 18.4 Å². The molecule has 96 valence electrons. The molecule has 1 atom stereocenters. The molecule has 0 bridgehead atoms. The van der Waals surface area contributed by atoms with E-state index in [1.54, 1.807) is 0 Å². The Hall–Kier alpha value is -1.36. The number of rotatable bonds is 5. The Bertz CT molecular complexity index is 366. The molecule has 0 amide bonds. The summed E-state index contributed by atoms with van der Waals surface area (Å²) >= 11 is 0. The molecule has 0 radical (unpaired) electrons. The number of anilines is 1. The van der Waals surface area contributed by atoms with Crippen molar-refractivity contribution in [3.8, 4) is 5.88 Å². The summed E-state index contributed by atoms with van der Waals surface area (Å²) < 4.78 is 5.58. The standard InChI is InChI=1S/C12H22N4O/c1-8(2)17-11-6-10(4)14-12(15-11)16(5)7-9(3)13/h6,8-9H,7,13H2,1-5H3. The lowest BCUT2D eigenvalue weighted by Gasteiger charge is -2.20. The summed E-state index contributed by atoms with van der Waals surface area (Å²) in [5, 5.41) is 0. The Morgan fingerprint density at radius 1 is 1.35 bits per heavy atom. The Labute approximate surface area is 103 Å². The van der Waals surface area contributed by atoms with E-state index in [1.807, 2.05) is 45.7 Å². The van der Waals surface area contributed by atoms with E-state index >= 15 is 0 Å². The molecule has 1 aromatic heterocycles. The fourth-order valence-electron chi connectivity index (χ4n) is 1.51. The molecule has 0 aliphatic heterocycles. The lowest BCUT2D eigenvalue weighted by molar-refractivity contribution is 0.232. The molecule has 17 heavy (non-hydrogen) atoms. The lowest BCUT2D eigenvalue weighted by Crippen LogP contribution is -2.34. The van der Waals surface area contributed by atoms with Crippen molar-refractivity contribution in [1.82, 2.24) is 9.97 Å². The SMILES string of the molecule is Cc1cc(OC(C)C)nc(N(C)CC(C)N)n1. The summed E-state index contributed by atoms with van der Waals surface area (Å²) in [6.07, 6.45) is 0.107. The quantitative estimate of drug-likeness (QED) is 0.839. The van der Waals surface area contributed by atoms with Crippen LogP contribution in [0.25, 0.3) is 0 Å². The topological polar surface area (TPSA) is 64.3 Å². The minimum Gasteiger partial charge on any atom is -0.475 e. The van der Waals surface area contributed by atoms with E-state index in [9.17, 15) is 0 Å². The molecule has 0 spiro atoms. The zero-order chi connectivity index (χ0) is 13.0. The molecular formula is C12H22N4O. The maximum atomic E-state index is 5.76. The van der Waals surface area contributed by atoms with Crippen molar-refractivity contribution in [3.63, 3.8) is 0 Å². The summed E-state index contributed by atoms with van der Waals surface area (Å²) in [6, 6.07) is 1.92. The number of aromatic nitrogens is 2. The maximum absolute atomic E-state index is 5.76. The fourth-order valence-corrected chi connectivity index (χ4v) is 1.51. The van der Waals surface area contributed by atoms with Gasteiger partial charge in [0, 0.05) is 31.4 Å². The first-order valence-electron chi connectivity index (χ1n) is 5.87. The molecule has 0 saturated carbocycles. The maximum Gasteiger partial charge on any atom is 0.228 e. The van der Waals surface area contributed by atoms with Crippen molar-refractivity contribution in [2.45, 2.75) is 39.8 Å². The van der Waals surface area contributed by atoms with Crippen LogP contribution in [0.1, 0.15) is 26.5 Å². The molecule has 5 nitrogen and oxygen atoms in total. The number of nitrogens with zero attached hydrogens (tertiary/aromatic N) is 3. The summed E-state index contributed by atoms with van der Waals surface area (Å²) in [5.74, 6) is 1.26. The summed E-state index contributed by atoms with van der Waals surface area (Å²) in [5.41, 5.74) is 6.65. The molecule has 0 aromatic carbocycles. The second-order valence-corrected chi connectivity index (χ2v) is 4.67. The van der Waals surface area contributed by atoms with Gasteiger partial charge in [0.25, 0.3) is 0 Å².